The van der Waals surface area contributed by atoms with Crippen LogP contribution in [-0.4, -0.2) is 5.71 Å². The Morgan fingerprint density at radius 3 is 2.60 bits per heavy atom. The van der Waals surface area contributed by atoms with Crippen molar-refractivity contribution in [3.63, 3.8) is 0 Å². The summed E-state index contributed by atoms with van der Waals surface area (Å²) in [6.45, 7) is 1.90. The van der Waals surface area contributed by atoms with E-state index in [-0.39, 0.29) is 5.71 Å². The van der Waals surface area contributed by atoms with E-state index in [1.165, 1.54) is 0 Å². The van der Waals surface area contributed by atoms with Crippen LogP contribution in [0.2, 0.25) is 0 Å². The lowest BCUT2D eigenvalue weighted by Gasteiger charge is -2.06. The van der Waals surface area contributed by atoms with E-state index in [1.807, 2.05) is 25.1 Å². The summed E-state index contributed by atoms with van der Waals surface area (Å²) in [5.74, 6) is 0. The van der Waals surface area contributed by atoms with Crippen molar-refractivity contribution >= 4 is 27.3 Å². The normalized spacial score (nSPS) is 8.53. The summed E-state index contributed by atoms with van der Waals surface area (Å²) in [7, 11) is 0. The van der Waals surface area contributed by atoms with Crippen LogP contribution < -0.4 is 5.43 Å². The van der Waals surface area contributed by atoms with Gasteiger partial charge in [-0.25, -0.2) is 0 Å². The number of halogens is 1. The Hall–Kier alpha value is -1.85. The van der Waals surface area contributed by atoms with Crippen molar-refractivity contribution in [1.29, 1.82) is 10.5 Å². The van der Waals surface area contributed by atoms with E-state index >= 15 is 0 Å². The Balaban J connectivity index is 2.98. The van der Waals surface area contributed by atoms with Crippen molar-refractivity contribution in [3.8, 4) is 12.1 Å². The fourth-order valence-electron chi connectivity index (χ4n) is 0.960. The zero-order valence-corrected chi connectivity index (χ0v) is 9.54. The van der Waals surface area contributed by atoms with Crippen LogP contribution in [0, 0.1) is 29.6 Å². The van der Waals surface area contributed by atoms with E-state index in [4.69, 9.17) is 10.5 Å². The minimum atomic E-state index is -0.204. The maximum absolute atomic E-state index is 8.49. The predicted octanol–water partition coefficient (Wildman–Crippen LogP) is 2.57. The molecule has 1 rings (SSSR count). The van der Waals surface area contributed by atoms with E-state index in [0.29, 0.717) is 0 Å². The van der Waals surface area contributed by atoms with Crippen molar-refractivity contribution in [2.45, 2.75) is 6.92 Å². The number of hydrogen-bond acceptors (Lipinski definition) is 4. The highest BCUT2D eigenvalue weighted by Gasteiger charge is 2.02. The first kappa shape index (κ1) is 11.2. The molecule has 0 aliphatic carbocycles. The van der Waals surface area contributed by atoms with E-state index in [9.17, 15) is 0 Å². The first-order chi connectivity index (χ1) is 7.19. The summed E-state index contributed by atoms with van der Waals surface area (Å²) < 4.78 is 0.835. The third-order valence-electron chi connectivity index (χ3n) is 1.71. The molecule has 0 heterocycles. The second-order valence-electron chi connectivity index (χ2n) is 2.73. The molecule has 15 heavy (non-hydrogen) atoms. The van der Waals surface area contributed by atoms with Gasteiger partial charge in [-0.1, -0.05) is 12.1 Å². The van der Waals surface area contributed by atoms with Gasteiger partial charge in [0.15, 0.2) is 0 Å². The van der Waals surface area contributed by atoms with Gasteiger partial charge in [-0.2, -0.15) is 15.6 Å². The van der Waals surface area contributed by atoms with Crippen molar-refractivity contribution < 1.29 is 0 Å². The Kier molecular flexibility index (Phi) is 3.84. The summed E-state index contributed by atoms with van der Waals surface area (Å²) in [4.78, 5) is 0. The number of anilines is 1. The van der Waals surface area contributed by atoms with E-state index in [1.54, 1.807) is 12.1 Å². The zero-order chi connectivity index (χ0) is 11.3. The summed E-state index contributed by atoms with van der Waals surface area (Å²) >= 11 is 3.34. The molecule has 1 aromatic rings. The number of nitriles is 2. The average molecular weight is 263 g/mol. The van der Waals surface area contributed by atoms with Gasteiger partial charge in [-0.15, -0.1) is 0 Å². The van der Waals surface area contributed by atoms with E-state index in [2.05, 4.69) is 26.5 Å². The summed E-state index contributed by atoms with van der Waals surface area (Å²) in [6, 6.07) is 8.99. The molecule has 0 amide bonds. The number of hydrogen-bond donors (Lipinski definition) is 1. The van der Waals surface area contributed by atoms with Crippen molar-refractivity contribution in [3.05, 3.63) is 28.2 Å². The van der Waals surface area contributed by atoms with Crippen molar-refractivity contribution in [1.82, 2.24) is 0 Å². The van der Waals surface area contributed by atoms with Gasteiger partial charge >= 0.3 is 0 Å². The molecule has 1 N–H and O–H groups in total. The van der Waals surface area contributed by atoms with Crippen molar-refractivity contribution in [2.24, 2.45) is 5.10 Å². The highest BCUT2D eigenvalue weighted by atomic mass is 79.9. The molecule has 0 saturated heterocycles. The van der Waals surface area contributed by atoms with Gasteiger partial charge in [0.2, 0.25) is 5.71 Å². The first-order valence-electron chi connectivity index (χ1n) is 4.08. The number of para-hydroxylation sites is 1. The molecule has 74 valence electrons. The van der Waals surface area contributed by atoms with Crippen LogP contribution >= 0.6 is 15.9 Å². The first-order valence-corrected chi connectivity index (χ1v) is 4.87. The van der Waals surface area contributed by atoms with Crippen LogP contribution in [-0.2, 0) is 0 Å². The number of rotatable bonds is 2. The quantitative estimate of drug-likeness (QED) is 0.658. The molecule has 0 aliphatic heterocycles. The van der Waals surface area contributed by atoms with Crippen LogP contribution in [0.5, 0.6) is 0 Å². The smallest absolute Gasteiger partial charge is 0.237 e. The molecule has 0 radical (unpaired) electrons. The average Bonchev–Trinajstić information content (AvgIpc) is 2.23. The molecular formula is C10H7BrN4. The maximum Gasteiger partial charge on any atom is 0.237 e. The van der Waals surface area contributed by atoms with Gasteiger partial charge in [-0.3, -0.25) is 5.43 Å². The molecule has 5 heteroatoms. The minimum Gasteiger partial charge on any atom is -0.275 e. The Morgan fingerprint density at radius 1 is 1.40 bits per heavy atom. The number of benzene rings is 1. The third-order valence-corrected chi connectivity index (χ3v) is 2.37. The molecular weight excluding hydrogens is 256 g/mol. The minimum absolute atomic E-state index is 0.204. The molecule has 0 fully saturated rings. The largest absolute Gasteiger partial charge is 0.275 e. The molecule has 0 bridgehead atoms. The van der Waals surface area contributed by atoms with E-state index < -0.39 is 0 Å². The van der Waals surface area contributed by atoms with Gasteiger partial charge in [0.05, 0.1) is 5.69 Å². The van der Waals surface area contributed by atoms with Crippen LogP contribution in [0.4, 0.5) is 5.69 Å². The number of aryl methyl sites for hydroxylation is 1. The molecule has 1 aromatic carbocycles. The monoisotopic (exact) mass is 262 g/mol. The standard InChI is InChI=1S/C10H7BrN4/c1-7-3-2-4-9(11)10(7)15-14-8(5-12)6-13/h2-4,15H,1H3. The van der Waals surface area contributed by atoms with Crippen LogP contribution in [0.1, 0.15) is 5.56 Å². The number of hydrazone groups is 1. The van der Waals surface area contributed by atoms with Crippen LogP contribution in [0.15, 0.2) is 27.8 Å². The van der Waals surface area contributed by atoms with Gasteiger partial charge in [-0.05, 0) is 34.5 Å². The topological polar surface area (TPSA) is 72.0 Å². The third kappa shape index (κ3) is 2.80. The summed E-state index contributed by atoms with van der Waals surface area (Å²) in [5, 5.41) is 20.6. The van der Waals surface area contributed by atoms with Gasteiger partial charge in [0.25, 0.3) is 0 Å². The highest BCUT2D eigenvalue weighted by Crippen LogP contribution is 2.25. The number of nitrogens with one attached hydrogen (secondary N) is 1. The fraction of sp³-hybridized carbons (Fsp3) is 0.100. The molecule has 4 nitrogen and oxygen atoms in total. The van der Waals surface area contributed by atoms with Gasteiger partial charge < -0.3 is 0 Å². The molecule has 0 aromatic heterocycles. The summed E-state index contributed by atoms with van der Waals surface area (Å²) in [5.41, 5.74) is 4.20. The Morgan fingerprint density at radius 2 is 2.07 bits per heavy atom. The zero-order valence-electron chi connectivity index (χ0n) is 7.95. The lowest BCUT2D eigenvalue weighted by Crippen LogP contribution is -1.98. The van der Waals surface area contributed by atoms with Crippen molar-refractivity contribution in [2.75, 3.05) is 5.43 Å². The highest BCUT2D eigenvalue weighted by molar-refractivity contribution is 9.10. The predicted molar refractivity (Wildman–Crippen MR) is 61.2 cm³/mol. The lowest BCUT2D eigenvalue weighted by molar-refractivity contribution is 1.29. The molecule has 0 saturated carbocycles. The van der Waals surface area contributed by atoms with Crippen LogP contribution in [0.25, 0.3) is 0 Å². The van der Waals surface area contributed by atoms with Gasteiger partial charge in [0.1, 0.15) is 12.1 Å². The van der Waals surface area contributed by atoms with Gasteiger partial charge in [0, 0.05) is 4.47 Å². The molecule has 0 aliphatic rings. The molecule has 0 atom stereocenters. The van der Waals surface area contributed by atoms with E-state index in [0.717, 1.165) is 15.7 Å². The maximum atomic E-state index is 8.49. The Bertz CT molecular complexity index is 443. The van der Waals surface area contributed by atoms with Crippen LogP contribution in [0.3, 0.4) is 0 Å². The Labute approximate surface area is 96.0 Å². The SMILES string of the molecule is Cc1cccc(Br)c1NN=C(C#N)C#N. The second kappa shape index (κ2) is 5.14. The lowest BCUT2D eigenvalue weighted by atomic mass is 10.2. The molecule has 0 spiro atoms. The second-order valence-corrected chi connectivity index (χ2v) is 3.58. The number of nitrogens with zero attached hydrogens (tertiary/aromatic N) is 3. The molecule has 0 unspecified atom stereocenters. The fourth-order valence-corrected chi connectivity index (χ4v) is 1.51. The summed E-state index contributed by atoms with van der Waals surface area (Å²) in [6.07, 6.45) is 0.